The zero-order valence-electron chi connectivity index (χ0n) is 9.66. The lowest BCUT2D eigenvalue weighted by Gasteiger charge is -2.11. The minimum atomic E-state index is 0.0352. The van der Waals surface area contributed by atoms with E-state index in [-0.39, 0.29) is 11.9 Å². The van der Waals surface area contributed by atoms with Crippen LogP contribution in [-0.2, 0) is 11.2 Å². The van der Waals surface area contributed by atoms with Gasteiger partial charge in [-0.1, -0.05) is 34.1 Å². The van der Waals surface area contributed by atoms with E-state index in [1.165, 1.54) is 12.8 Å². The van der Waals surface area contributed by atoms with Crippen LogP contribution < -0.4 is 11.1 Å². The molecule has 0 spiro atoms. The molecule has 2 rings (SSSR count). The van der Waals surface area contributed by atoms with Crippen LogP contribution in [0.1, 0.15) is 18.4 Å². The van der Waals surface area contributed by atoms with Crippen molar-refractivity contribution in [1.82, 2.24) is 5.32 Å². The second-order valence-corrected chi connectivity index (χ2v) is 5.43. The second kappa shape index (κ2) is 5.65. The fourth-order valence-electron chi connectivity index (χ4n) is 1.80. The van der Waals surface area contributed by atoms with E-state index in [2.05, 4.69) is 21.2 Å². The van der Waals surface area contributed by atoms with Gasteiger partial charge in [-0.15, -0.1) is 0 Å². The average Bonchev–Trinajstić information content (AvgIpc) is 3.13. The molecule has 3 N–H and O–H groups in total. The zero-order chi connectivity index (χ0) is 12.3. The summed E-state index contributed by atoms with van der Waals surface area (Å²) in [5, 5.41) is 2.89. The zero-order valence-corrected chi connectivity index (χ0v) is 11.2. The number of nitrogens with two attached hydrogens (primary N) is 1. The fraction of sp³-hybridized carbons (Fsp3) is 0.462. The first-order chi connectivity index (χ1) is 8.16. The smallest absolute Gasteiger partial charge is 0.224 e. The Hall–Kier alpha value is -0.870. The fourth-order valence-corrected chi connectivity index (χ4v) is 2.22. The molecule has 0 bridgehead atoms. The van der Waals surface area contributed by atoms with E-state index in [1.807, 2.05) is 24.3 Å². The largest absolute Gasteiger partial charge is 0.354 e. The number of hydrogen-bond donors (Lipinski definition) is 2. The molecule has 0 radical (unpaired) electrons. The molecule has 1 aromatic carbocycles. The maximum absolute atomic E-state index is 11.7. The Labute approximate surface area is 110 Å². The van der Waals surface area contributed by atoms with Crippen LogP contribution in [0.3, 0.4) is 0 Å². The van der Waals surface area contributed by atoms with Crippen molar-refractivity contribution in [1.29, 1.82) is 0 Å². The van der Waals surface area contributed by atoms with E-state index < -0.39 is 0 Å². The summed E-state index contributed by atoms with van der Waals surface area (Å²) in [6.07, 6.45) is 2.82. The van der Waals surface area contributed by atoms with Crippen molar-refractivity contribution in [3.05, 3.63) is 34.3 Å². The van der Waals surface area contributed by atoms with Crippen molar-refractivity contribution < 1.29 is 4.79 Å². The molecule has 1 atom stereocenters. The van der Waals surface area contributed by atoms with Gasteiger partial charge in [-0.05, 0) is 30.4 Å². The standard InChI is InChI=1S/C13H17BrN2O/c14-11-4-2-1-3-10(11)7-13(17)16-8-12(15)9-5-6-9/h1-4,9,12H,5-8,15H2,(H,16,17). The number of rotatable bonds is 5. The highest BCUT2D eigenvalue weighted by molar-refractivity contribution is 9.10. The third kappa shape index (κ3) is 3.82. The molecule has 0 saturated heterocycles. The van der Waals surface area contributed by atoms with E-state index >= 15 is 0 Å². The van der Waals surface area contributed by atoms with Gasteiger partial charge in [-0.25, -0.2) is 0 Å². The molecule has 4 heteroatoms. The molecule has 1 aliphatic rings. The van der Waals surface area contributed by atoms with E-state index in [0.29, 0.717) is 18.9 Å². The first-order valence-corrected chi connectivity index (χ1v) is 6.72. The van der Waals surface area contributed by atoms with Crippen LogP contribution in [-0.4, -0.2) is 18.5 Å². The number of carbonyl (C=O) groups is 1. The Balaban J connectivity index is 1.78. The quantitative estimate of drug-likeness (QED) is 0.871. The van der Waals surface area contributed by atoms with Crippen LogP contribution in [0.25, 0.3) is 0 Å². The lowest BCUT2D eigenvalue weighted by Crippen LogP contribution is -2.39. The highest BCUT2D eigenvalue weighted by Gasteiger charge is 2.28. The van der Waals surface area contributed by atoms with Crippen LogP contribution in [0.15, 0.2) is 28.7 Å². The predicted molar refractivity (Wildman–Crippen MR) is 71.6 cm³/mol. The van der Waals surface area contributed by atoms with Gasteiger partial charge in [0.1, 0.15) is 0 Å². The molecule has 1 fully saturated rings. The normalized spacial score (nSPS) is 16.6. The Morgan fingerprint density at radius 3 is 2.82 bits per heavy atom. The van der Waals surface area contributed by atoms with Gasteiger partial charge >= 0.3 is 0 Å². The summed E-state index contributed by atoms with van der Waals surface area (Å²) in [5.41, 5.74) is 6.93. The van der Waals surface area contributed by atoms with Crippen molar-refractivity contribution in [3.8, 4) is 0 Å². The summed E-state index contributed by atoms with van der Waals surface area (Å²) in [7, 11) is 0. The van der Waals surface area contributed by atoms with Gasteiger partial charge < -0.3 is 11.1 Å². The molecule has 0 heterocycles. The summed E-state index contributed by atoms with van der Waals surface area (Å²) in [6, 6.07) is 7.89. The lowest BCUT2D eigenvalue weighted by atomic mass is 10.1. The monoisotopic (exact) mass is 296 g/mol. The molecule has 1 unspecified atom stereocenters. The number of nitrogens with one attached hydrogen (secondary N) is 1. The van der Waals surface area contributed by atoms with Crippen molar-refractivity contribution in [2.24, 2.45) is 11.7 Å². The molecule has 1 aliphatic carbocycles. The lowest BCUT2D eigenvalue weighted by molar-refractivity contribution is -0.120. The third-order valence-corrected chi connectivity index (χ3v) is 3.84. The Morgan fingerprint density at radius 1 is 1.47 bits per heavy atom. The van der Waals surface area contributed by atoms with Crippen molar-refractivity contribution in [2.75, 3.05) is 6.54 Å². The molecular formula is C13H17BrN2O. The van der Waals surface area contributed by atoms with E-state index in [1.54, 1.807) is 0 Å². The summed E-state index contributed by atoms with van der Waals surface area (Å²) >= 11 is 3.43. The van der Waals surface area contributed by atoms with Crippen LogP contribution >= 0.6 is 15.9 Å². The van der Waals surface area contributed by atoms with Crippen LogP contribution in [0.2, 0.25) is 0 Å². The molecular weight excluding hydrogens is 280 g/mol. The third-order valence-electron chi connectivity index (χ3n) is 3.07. The summed E-state index contributed by atoms with van der Waals surface area (Å²) in [4.78, 5) is 11.7. The SMILES string of the molecule is NC(CNC(=O)Cc1ccccc1Br)C1CC1. The topological polar surface area (TPSA) is 55.1 Å². The first-order valence-electron chi connectivity index (χ1n) is 5.92. The Bertz CT molecular complexity index is 404. The van der Waals surface area contributed by atoms with E-state index in [0.717, 1.165) is 10.0 Å². The average molecular weight is 297 g/mol. The number of halogens is 1. The van der Waals surface area contributed by atoms with Crippen LogP contribution in [0.4, 0.5) is 0 Å². The van der Waals surface area contributed by atoms with Gasteiger partial charge in [-0.3, -0.25) is 4.79 Å². The molecule has 1 saturated carbocycles. The van der Waals surface area contributed by atoms with Crippen molar-refractivity contribution in [2.45, 2.75) is 25.3 Å². The van der Waals surface area contributed by atoms with Gasteiger partial charge in [0, 0.05) is 17.1 Å². The summed E-state index contributed by atoms with van der Waals surface area (Å²) in [5.74, 6) is 0.659. The maximum Gasteiger partial charge on any atom is 0.224 e. The molecule has 3 nitrogen and oxygen atoms in total. The number of hydrogen-bond acceptors (Lipinski definition) is 2. The molecule has 1 amide bonds. The van der Waals surface area contributed by atoms with Crippen molar-refractivity contribution >= 4 is 21.8 Å². The first kappa shape index (κ1) is 12.6. The highest BCUT2D eigenvalue weighted by atomic mass is 79.9. The number of amides is 1. The number of benzene rings is 1. The van der Waals surface area contributed by atoms with Gasteiger partial charge in [-0.2, -0.15) is 0 Å². The summed E-state index contributed by atoms with van der Waals surface area (Å²) < 4.78 is 0.974. The Kier molecular flexibility index (Phi) is 4.18. The molecule has 17 heavy (non-hydrogen) atoms. The van der Waals surface area contributed by atoms with Gasteiger partial charge in [0.2, 0.25) is 5.91 Å². The van der Waals surface area contributed by atoms with Gasteiger partial charge in [0.05, 0.1) is 6.42 Å². The van der Waals surface area contributed by atoms with Gasteiger partial charge in [0.25, 0.3) is 0 Å². The highest BCUT2D eigenvalue weighted by Crippen LogP contribution is 2.31. The molecule has 1 aromatic rings. The molecule has 0 aliphatic heterocycles. The van der Waals surface area contributed by atoms with E-state index in [9.17, 15) is 4.79 Å². The van der Waals surface area contributed by atoms with Crippen LogP contribution in [0, 0.1) is 5.92 Å². The van der Waals surface area contributed by atoms with E-state index in [4.69, 9.17) is 5.73 Å². The van der Waals surface area contributed by atoms with Crippen molar-refractivity contribution in [3.63, 3.8) is 0 Å². The minimum absolute atomic E-state index is 0.0352. The van der Waals surface area contributed by atoms with Gasteiger partial charge in [0.15, 0.2) is 0 Å². The molecule has 0 aromatic heterocycles. The maximum atomic E-state index is 11.7. The predicted octanol–water partition coefficient (Wildman–Crippen LogP) is 1.85. The Morgan fingerprint density at radius 2 is 2.18 bits per heavy atom. The number of carbonyl (C=O) groups excluding carboxylic acids is 1. The molecule has 92 valence electrons. The van der Waals surface area contributed by atoms with Crippen LogP contribution in [0.5, 0.6) is 0 Å². The minimum Gasteiger partial charge on any atom is -0.354 e. The summed E-state index contributed by atoms with van der Waals surface area (Å²) in [6.45, 7) is 0.591. The second-order valence-electron chi connectivity index (χ2n) is 4.57.